The van der Waals surface area contributed by atoms with Gasteiger partial charge in [0, 0.05) is 17.3 Å². The van der Waals surface area contributed by atoms with E-state index in [2.05, 4.69) is 27.0 Å². The quantitative estimate of drug-likeness (QED) is 0.642. The molecule has 1 aliphatic heterocycles. The van der Waals surface area contributed by atoms with Crippen molar-refractivity contribution in [1.82, 2.24) is 0 Å². The zero-order valence-electron chi connectivity index (χ0n) is 6.90. The molecule has 2 aliphatic rings. The minimum absolute atomic E-state index is 0.152. The zero-order valence-corrected chi connectivity index (χ0v) is 8.49. The molecule has 2 rings (SSSR count). The standard InChI is InChI=1S/C10H8BrNO/c11-6-7-5-10(13)12-9-4-2-1-3-8(7)9/h1-5,8H,6H2. The van der Waals surface area contributed by atoms with Crippen LogP contribution in [0.5, 0.6) is 0 Å². The number of rotatable bonds is 1. The Hall–Kier alpha value is -0.960. The van der Waals surface area contributed by atoms with Gasteiger partial charge in [0.05, 0.1) is 5.71 Å². The van der Waals surface area contributed by atoms with Gasteiger partial charge in [-0.2, -0.15) is 0 Å². The monoisotopic (exact) mass is 237 g/mol. The normalized spacial score (nSPS) is 25.3. The molecule has 1 amide bonds. The van der Waals surface area contributed by atoms with E-state index in [1.165, 1.54) is 0 Å². The summed E-state index contributed by atoms with van der Waals surface area (Å²) in [5.41, 5.74) is 1.93. The first-order valence-electron chi connectivity index (χ1n) is 4.05. The largest absolute Gasteiger partial charge is 0.269 e. The number of alkyl halides is 1. The molecule has 1 heterocycles. The first-order valence-corrected chi connectivity index (χ1v) is 5.17. The number of dihydropyridines is 1. The Labute approximate surface area is 84.9 Å². The predicted molar refractivity (Wildman–Crippen MR) is 56.1 cm³/mol. The average Bonchev–Trinajstić information content (AvgIpc) is 2.16. The van der Waals surface area contributed by atoms with Gasteiger partial charge in [-0.15, -0.1) is 0 Å². The summed E-state index contributed by atoms with van der Waals surface area (Å²) in [6.45, 7) is 0. The molecule has 1 aliphatic carbocycles. The lowest BCUT2D eigenvalue weighted by Gasteiger charge is -2.20. The molecule has 13 heavy (non-hydrogen) atoms. The van der Waals surface area contributed by atoms with E-state index >= 15 is 0 Å². The van der Waals surface area contributed by atoms with E-state index < -0.39 is 0 Å². The van der Waals surface area contributed by atoms with Crippen molar-refractivity contribution < 1.29 is 4.79 Å². The third-order valence-electron chi connectivity index (χ3n) is 2.10. The molecule has 0 radical (unpaired) electrons. The van der Waals surface area contributed by atoms with Crippen LogP contribution in [0.3, 0.4) is 0 Å². The molecule has 0 aromatic rings. The van der Waals surface area contributed by atoms with Crippen LogP contribution in [0.1, 0.15) is 0 Å². The van der Waals surface area contributed by atoms with Crippen molar-refractivity contribution in [3.63, 3.8) is 0 Å². The van der Waals surface area contributed by atoms with Crippen molar-refractivity contribution in [1.29, 1.82) is 0 Å². The second-order valence-electron chi connectivity index (χ2n) is 2.95. The van der Waals surface area contributed by atoms with Crippen LogP contribution in [-0.2, 0) is 4.79 Å². The first kappa shape index (κ1) is 8.63. The highest BCUT2D eigenvalue weighted by atomic mass is 79.9. The second-order valence-corrected chi connectivity index (χ2v) is 3.51. The molecule has 1 unspecified atom stereocenters. The summed E-state index contributed by atoms with van der Waals surface area (Å²) < 4.78 is 0. The van der Waals surface area contributed by atoms with Gasteiger partial charge in [0.25, 0.3) is 5.91 Å². The van der Waals surface area contributed by atoms with Gasteiger partial charge in [0.1, 0.15) is 0 Å². The van der Waals surface area contributed by atoms with Gasteiger partial charge >= 0.3 is 0 Å². The summed E-state index contributed by atoms with van der Waals surface area (Å²) in [6, 6.07) is 0. The second kappa shape index (κ2) is 3.42. The third kappa shape index (κ3) is 1.56. The molecule has 0 saturated carbocycles. The van der Waals surface area contributed by atoms with Crippen molar-refractivity contribution in [3.8, 4) is 0 Å². The first-order chi connectivity index (χ1) is 6.31. The van der Waals surface area contributed by atoms with Crippen LogP contribution in [0.25, 0.3) is 0 Å². The highest BCUT2D eigenvalue weighted by Gasteiger charge is 2.22. The maximum absolute atomic E-state index is 11.1. The van der Waals surface area contributed by atoms with E-state index in [1.54, 1.807) is 6.08 Å². The van der Waals surface area contributed by atoms with E-state index in [0.29, 0.717) is 0 Å². The third-order valence-corrected chi connectivity index (χ3v) is 2.75. The number of halogens is 1. The fourth-order valence-electron chi connectivity index (χ4n) is 1.48. The lowest BCUT2D eigenvalue weighted by atomic mass is 9.89. The number of aliphatic imine (C=N–C) groups is 1. The van der Waals surface area contributed by atoms with E-state index in [4.69, 9.17) is 0 Å². The predicted octanol–water partition coefficient (Wildman–Crippen LogP) is 2.03. The van der Waals surface area contributed by atoms with Crippen LogP contribution in [0.4, 0.5) is 0 Å². The number of nitrogens with zero attached hydrogens (tertiary/aromatic N) is 1. The summed E-state index contributed by atoms with van der Waals surface area (Å²) in [6.07, 6.45) is 9.43. The molecule has 2 nitrogen and oxygen atoms in total. The number of allylic oxidation sites excluding steroid dienone is 5. The van der Waals surface area contributed by atoms with E-state index in [0.717, 1.165) is 16.6 Å². The minimum atomic E-state index is -0.152. The molecule has 0 aromatic carbocycles. The van der Waals surface area contributed by atoms with Gasteiger partial charge in [-0.3, -0.25) is 4.79 Å². The Morgan fingerprint density at radius 3 is 3.08 bits per heavy atom. The van der Waals surface area contributed by atoms with Crippen molar-refractivity contribution in [3.05, 3.63) is 36.0 Å². The van der Waals surface area contributed by atoms with Crippen LogP contribution >= 0.6 is 15.9 Å². The molecule has 0 aromatic heterocycles. The van der Waals surface area contributed by atoms with E-state index in [-0.39, 0.29) is 11.8 Å². The molecule has 3 heteroatoms. The van der Waals surface area contributed by atoms with Gasteiger partial charge in [-0.05, 0) is 11.6 Å². The Bertz CT molecular complexity index is 363. The van der Waals surface area contributed by atoms with Crippen molar-refractivity contribution in [2.45, 2.75) is 0 Å². The van der Waals surface area contributed by atoms with Crippen LogP contribution in [0, 0.1) is 5.92 Å². The zero-order chi connectivity index (χ0) is 9.26. The van der Waals surface area contributed by atoms with E-state index in [1.807, 2.05) is 18.2 Å². The summed E-state index contributed by atoms with van der Waals surface area (Å²) >= 11 is 3.37. The molecule has 0 saturated heterocycles. The number of carbonyl (C=O) groups excluding carboxylic acids is 1. The van der Waals surface area contributed by atoms with Crippen molar-refractivity contribution >= 4 is 27.5 Å². The van der Waals surface area contributed by atoms with Crippen molar-refractivity contribution in [2.75, 3.05) is 5.33 Å². The molecule has 1 atom stereocenters. The van der Waals surface area contributed by atoms with Gasteiger partial charge in [0.15, 0.2) is 0 Å². The van der Waals surface area contributed by atoms with Crippen molar-refractivity contribution in [2.24, 2.45) is 10.9 Å². The molecular formula is C10H8BrNO. The minimum Gasteiger partial charge on any atom is -0.267 e. The molecule has 0 N–H and O–H groups in total. The summed E-state index contributed by atoms with van der Waals surface area (Å²) in [4.78, 5) is 15.1. The highest BCUT2D eigenvalue weighted by molar-refractivity contribution is 9.09. The molecule has 0 fully saturated rings. The Morgan fingerprint density at radius 1 is 1.46 bits per heavy atom. The summed E-state index contributed by atoms with van der Waals surface area (Å²) in [7, 11) is 0. The lowest BCUT2D eigenvalue weighted by Crippen LogP contribution is -2.21. The summed E-state index contributed by atoms with van der Waals surface area (Å²) in [5.74, 6) is 0.0442. The molecular weight excluding hydrogens is 230 g/mol. The smallest absolute Gasteiger partial charge is 0.267 e. The van der Waals surface area contributed by atoms with Crippen LogP contribution < -0.4 is 0 Å². The van der Waals surface area contributed by atoms with Crippen LogP contribution in [-0.4, -0.2) is 16.9 Å². The summed E-state index contributed by atoms with van der Waals surface area (Å²) in [5, 5.41) is 0.723. The van der Waals surface area contributed by atoms with Gasteiger partial charge in [0.2, 0.25) is 0 Å². The average molecular weight is 238 g/mol. The number of fused-ring (bicyclic) bond motifs is 1. The van der Waals surface area contributed by atoms with Crippen LogP contribution in [0.2, 0.25) is 0 Å². The van der Waals surface area contributed by atoms with E-state index in [9.17, 15) is 4.79 Å². The number of carbonyl (C=O) groups is 1. The molecule has 0 spiro atoms. The fraction of sp³-hybridized carbons (Fsp3) is 0.200. The number of amides is 1. The fourth-order valence-corrected chi connectivity index (χ4v) is 1.99. The van der Waals surface area contributed by atoms with Gasteiger partial charge in [-0.25, -0.2) is 4.99 Å². The topological polar surface area (TPSA) is 29.4 Å². The lowest BCUT2D eigenvalue weighted by molar-refractivity contribution is -0.113. The SMILES string of the molecule is O=C1C=C(CBr)C2C=CC=CC2=N1. The Kier molecular flexibility index (Phi) is 2.27. The number of hydrogen-bond donors (Lipinski definition) is 0. The molecule has 0 bridgehead atoms. The van der Waals surface area contributed by atoms with Crippen LogP contribution in [0.15, 0.2) is 40.9 Å². The number of hydrogen-bond acceptors (Lipinski definition) is 1. The maximum Gasteiger partial charge on any atom is 0.269 e. The Balaban J connectivity index is 2.40. The molecule has 66 valence electrons. The van der Waals surface area contributed by atoms with Gasteiger partial charge in [-0.1, -0.05) is 34.2 Å². The Morgan fingerprint density at radius 2 is 2.31 bits per heavy atom. The van der Waals surface area contributed by atoms with Gasteiger partial charge < -0.3 is 0 Å². The highest BCUT2D eigenvalue weighted by Crippen LogP contribution is 2.24. The maximum atomic E-state index is 11.1.